The predicted octanol–water partition coefficient (Wildman–Crippen LogP) is 4.47. The fraction of sp³-hybridized carbons (Fsp3) is 0.385. The van der Waals surface area contributed by atoms with Gasteiger partial charge in [-0.25, -0.2) is 0 Å². The predicted molar refractivity (Wildman–Crippen MR) is 124 cm³/mol. The molecular formula is C26H31N3O2. The summed E-state index contributed by atoms with van der Waals surface area (Å²) in [5, 5.41) is 4.29. The van der Waals surface area contributed by atoms with Gasteiger partial charge in [-0.2, -0.15) is 0 Å². The normalized spacial score (nSPS) is 14.7. The number of aromatic amines is 1. The maximum atomic E-state index is 12.6. The van der Waals surface area contributed by atoms with Gasteiger partial charge in [0.1, 0.15) is 0 Å². The van der Waals surface area contributed by atoms with E-state index in [4.69, 9.17) is 0 Å². The number of likely N-dealkylation sites (tertiary alicyclic amines) is 1. The van der Waals surface area contributed by atoms with Gasteiger partial charge >= 0.3 is 0 Å². The Labute approximate surface area is 183 Å². The van der Waals surface area contributed by atoms with E-state index in [0.29, 0.717) is 18.9 Å². The SMILES string of the molecule is Cc1ccc(C(=O)N2CCC(CCC(=O)NCCc3c[nH]c4ccccc34)CC2)cc1. The number of fused-ring (bicyclic) bond motifs is 1. The molecule has 3 aromatic rings. The minimum absolute atomic E-state index is 0.119. The standard InChI is InChI=1S/C26H31N3O2/c1-19-6-9-21(10-7-19)26(31)29-16-13-20(14-17-29)8-11-25(30)27-15-12-22-18-28-24-5-3-2-4-23(22)24/h2-7,9-10,18,20,28H,8,11-17H2,1H3,(H,27,30). The second-order valence-electron chi connectivity index (χ2n) is 8.60. The van der Waals surface area contributed by atoms with Gasteiger partial charge in [0.15, 0.2) is 0 Å². The van der Waals surface area contributed by atoms with Crippen molar-refractivity contribution < 1.29 is 9.59 Å². The number of carbonyl (C=O) groups is 2. The first-order valence-corrected chi connectivity index (χ1v) is 11.3. The van der Waals surface area contributed by atoms with Gasteiger partial charge in [-0.05, 0) is 62.3 Å². The van der Waals surface area contributed by atoms with Crippen molar-refractivity contribution in [3.8, 4) is 0 Å². The van der Waals surface area contributed by atoms with Crippen LogP contribution in [0.25, 0.3) is 10.9 Å². The number of carbonyl (C=O) groups excluding carboxylic acids is 2. The van der Waals surface area contributed by atoms with Crippen LogP contribution in [0.3, 0.4) is 0 Å². The number of nitrogens with one attached hydrogen (secondary N) is 2. The Bertz CT molecular complexity index is 1030. The summed E-state index contributed by atoms with van der Waals surface area (Å²) < 4.78 is 0. The zero-order valence-electron chi connectivity index (χ0n) is 18.2. The molecule has 0 spiro atoms. The molecule has 1 aromatic heterocycles. The number of rotatable bonds is 7. The van der Waals surface area contributed by atoms with Crippen LogP contribution in [0.2, 0.25) is 0 Å². The molecule has 5 nitrogen and oxygen atoms in total. The molecule has 1 aliphatic rings. The summed E-state index contributed by atoms with van der Waals surface area (Å²) in [7, 11) is 0. The van der Waals surface area contributed by atoms with Crippen LogP contribution in [0.4, 0.5) is 0 Å². The second-order valence-corrected chi connectivity index (χ2v) is 8.60. The molecule has 5 heteroatoms. The fourth-order valence-electron chi connectivity index (χ4n) is 4.40. The van der Waals surface area contributed by atoms with E-state index in [1.807, 2.05) is 54.4 Å². The summed E-state index contributed by atoms with van der Waals surface area (Å²) in [5.74, 6) is 0.757. The zero-order valence-corrected chi connectivity index (χ0v) is 18.2. The van der Waals surface area contributed by atoms with Crippen LogP contribution < -0.4 is 5.32 Å². The maximum Gasteiger partial charge on any atom is 0.253 e. The highest BCUT2D eigenvalue weighted by Crippen LogP contribution is 2.23. The Morgan fingerprint density at radius 2 is 1.81 bits per heavy atom. The number of amides is 2. The molecule has 2 heterocycles. The van der Waals surface area contributed by atoms with Crippen LogP contribution in [0.1, 0.15) is 47.2 Å². The number of benzene rings is 2. The summed E-state index contributed by atoms with van der Waals surface area (Å²) in [5.41, 5.74) is 4.30. The Balaban J connectivity index is 1.15. The van der Waals surface area contributed by atoms with E-state index in [1.54, 1.807) is 0 Å². The van der Waals surface area contributed by atoms with Crippen molar-refractivity contribution in [2.24, 2.45) is 5.92 Å². The van der Waals surface area contributed by atoms with Gasteiger partial charge in [-0.15, -0.1) is 0 Å². The first-order valence-electron chi connectivity index (χ1n) is 11.3. The van der Waals surface area contributed by atoms with E-state index in [-0.39, 0.29) is 11.8 Å². The molecule has 0 bridgehead atoms. The largest absolute Gasteiger partial charge is 0.361 e. The van der Waals surface area contributed by atoms with Gasteiger partial charge in [0.05, 0.1) is 0 Å². The Morgan fingerprint density at radius 3 is 2.58 bits per heavy atom. The van der Waals surface area contributed by atoms with Crippen molar-refractivity contribution in [1.29, 1.82) is 0 Å². The van der Waals surface area contributed by atoms with Crippen LogP contribution in [0, 0.1) is 12.8 Å². The molecule has 0 aliphatic carbocycles. The first kappa shape index (κ1) is 21.2. The average Bonchev–Trinajstić information content (AvgIpc) is 3.21. The number of aromatic nitrogens is 1. The lowest BCUT2D eigenvalue weighted by Crippen LogP contribution is -2.38. The van der Waals surface area contributed by atoms with Crippen molar-refractivity contribution in [2.45, 2.75) is 39.0 Å². The average molecular weight is 418 g/mol. The monoisotopic (exact) mass is 417 g/mol. The summed E-state index contributed by atoms with van der Waals surface area (Å²) in [6, 6.07) is 16.0. The van der Waals surface area contributed by atoms with E-state index in [0.717, 1.165) is 55.4 Å². The number of piperidine rings is 1. The summed E-state index contributed by atoms with van der Waals surface area (Å²) in [6.45, 7) is 4.24. The van der Waals surface area contributed by atoms with Crippen LogP contribution >= 0.6 is 0 Å². The molecule has 0 atom stereocenters. The molecule has 2 aromatic carbocycles. The molecule has 0 unspecified atom stereocenters. The first-order chi connectivity index (χ1) is 15.1. The molecular weight excluding hydrogens is 386 g/mol. The van der Waals surface area contributed by atoms with E-state index in [2.05, 4.69) is 22.4 Å². The summed E-state index contributed by atoms with van der Waals surface area (Å²) >= 11 is 0. The molecule has 4 rings (SSSR count). The van der Waals surface area contributed by atoms with Crippen molar-refractivity contribution in [3.05, 3.63) is 71.4 Å². The quantitative estimate of drug-likeness (QED) is 0.596. The topological polar surface area (TPSA) is 65.2 Å². The lowest BCUT2D eigenvalue weighted by molar-refractivity contribution is -0.121. The van der Waals surface area contributed by atoms with Crippen molar-refractivity contribution in [3.63, 3.8) is 0 Å². The van der Waals surface area contributed by atoms with Gasteiger partial charge < -0.3 is 15.2 Å². The van der Waals surface area contributed by atoms with Gasteiger partial charge in [-0.1, -0.05) is 35.9 Å². The number of para-hydroxylation sites is 1. The van der Waals surface area contributed by atoms with Gasteiger partial charge in [0, 0.05) is 48.7 Å². The van der Waals surface area contributed by atoms with Crippen molar-refractivity contribution in [2.75, 3.05) is 19.6 Å². The van der Waals surface area contributed by atoms with Crippen LogP contribution in [0.15, 0.2) is 54.7 Å². The van der Waals surface area contributed by atoms with Gasteiger partial charge in [-0.3, -0.25) is 9.59 Å². The molecule has 1 aliphatic heterocycles. The molecule has 162 valence electrons. The fourth-order valence-corrected chi connectivity index (χ4v) is 4.40. The molecule has 0 saturated carbocycles. The smallest absolute Gasteiger partial charge is 0.253 e. The Kier molecular flexibility index (Phi) is 6.70. The van der Waals surface area contributed by atoms with E-state index >= 15 is 0 Å². The highest BCUT2D eigenvalue weighted by atomic mass is 16.2. The minimum Gasteiger partial charge on any atom is -0.361 e. The maximum absolute atomic E-state index is 12.6. The third-order valence-corrected chi connectivity index (χ3v) is 6.37. The summed E-state index contributed by atoms with van der Waals surface area (Å²) in [4.78, 5) is 30.1. The van der Waals surface area contributed by atoms with E-state index in [1.165, 1.54) is 10.9 Å². The number of hydrogen-bond donors (Lipinski definition) is 2. The molecule has 1 fully saturated rings. The lowest BCUT2D eigenvalue weighted by Gasteiger charge is -2.32. The van der Waals surface area contributed by atoms with Gasteiger partial charge in [0.2, 0.25) is 5.91 Å². The zero-order chi connectivity index (χ0) is 21.6. The summed E-state index contributed by atoms with van der Waals surface area (Å²) in [6.07, 6.45) is 6.26. The van der Waals surface area contributed by atoms with E-state index in [9.17, 15) is 9.59 Å². The van der Waals surface area contributed by atoms with Crippen LogP contribution in [-0.4, -0.2) is 41.3 Å². The molecule has 0 radical (unpaired) electrons. The van der Waals surface area contributed by atoms with Gasteiger partial charge in [0.25, 0.3) is 5.91 Å². The highest BCUT2D eigenvalue weighted by Gasteiger charge is 2.24. The third kappa shape index (κ3) is 5.35. The molecule has 2 N–H and O–H groups in total. The van der Waals surface area contributed by atoms with Crippen molar-refractivity contribution >= 4 is 22.7 Å². The second kappa shape index (κ2) is 9.82. The van der Waals surface area contributed by atoms with Crippen molar-refractivity contribution in [1.82, 2.24) is 15.2 Å². The lowest BCUT2D eigenvalue weighted by atomic mass is 9.91. The highest BCUT2D eigenvalue weighted by molar-refractivity contribution is 5.94. The number of nitrogens with zero attached hydrogens (tertiary/aromatic N) is 1. The minimum atomic E-state index is 0.119. The van der Waals surface area contributed by atoms with Crippen LogP contribution in [0.5, 0.6) is 0 Å². The number of hydrogen-bond acceptors (Lipinski definition) is 2. The molecule has 1 saturated heterocycles. The number of H-pyrrole nitrogens is 1. The molecule has 31 heavy (non-hydrogen) atoms. The Morgan fingerprint density at radius 1 is 1.06 bits per heavy atom. The van der Waals surface area contributed by atoms with Crippen LogP contribution in [-0.2, 0) is 11.2 Å². The third-order valence-electron chi connectivity index (χ3n) is 6.37. The van der Waals surface area contributed by atoms with E-state index < -0.39 is 0 Å². The Hall–Kier alpha value is -3.08. The number of aryl methyl sites for hydroxylation is 1. The molecule has 2 amide bonds.